The first-order valence-corrected chi connectivity index (χ1v) is 8.82. The fourth-order valence-corrected chi connectivity index (χ4v) is 3.40. The number of nitrogen functional groups attached to an aromatic ring is 1. The van der Waals surface area contributed by atoms with Crippen molar-refractivity contribution >= 4 is 5.69 Å². The molecule has 0 radical (unpaired) electrons. The van der Waals surface area contributed by atoms with Crippen LogP contribution in [0.25, 0.3) is 11.4 Å². The minimum Gasteiger partial charge on any atom is -0.399 e. The molecule has 6 heteroatoms. The van der Waals surface area contributed by atoms with E-state index < -0.39 is 0 Å². The van der Waals surface area contributed by atoms with Gasteiger partial charge in [0.2, 0.25) is 0 Å². The molecule has 0 bridgehead atoms. The predicted molar refractivity (Wildman–Crippen MR) is 104 cm³/mol. The summed E-state index contributed by atoms with van der Waals surface area (Å²) < 4.78 is 0. The summed E-state index contributed by atoms with van der Waals surface area (Å²) in [5.74, 6) is 0.562. The topological polar surface area (TPSA) is 98.8 Å². The SMILES string of the molecule is N#Cc1cccc(CN2CCc3c(nc(-c4ccc(N)cc4)[nH]c3=O)C2)c1. The molecule has 0 spiro atoms. The zero-order valence-electron chi connectivity index (χ0n) is 14.8. The largest absolute Gasteiger partial charge is 0.399 e. The van der Waals surface area contributed by atoms with Gasteiger partial charge in [0.15, 0.2) is 0 Å². The third-order valence-electron chi connectivity index (χ3n) is 4.80. The molecule has 6 nitrogen and oxygen atoms in total. The summed E-state index contributed by atoms with van der Waals surface area (Å²) in [6.45, 7) is 2.12. The minimum atomic E-state index is -0.0713. The minimum absolute atomic E-state index is 0.0713. The van der Waals surface area contributed by atoms with Gasteiger partial charge in [-0.1, -0.05) is 12.1 Å². The number of nitrogens with one attached hydrogen (secondary N) is 1. The lowest BCUT2D eigenvalue weighted by Crippen LogP contribution is -2.35. The van der Waals surface area contributed by atoms with Crippen LogP contribution in [0.1, 0.15) is 22.4 Å². The van der Waals surface area contributed by atoms with E-state index in [0.29, 0.717) is 30.0 Å². The van der Waals surface area contributed by atoms with Gasteiger partial charge in [-0.3, -0.25) is 9.69 Å². The van der Waals surface area contributed by atoms with Crippen molar-refractivity contribution in [1.82, 2.24) is 14.9 Å². The number of anilines is 1. The molecule has 4 rings (SSSR count). The zero-order chi connectivity index (χ0) is 18.8. The Hall–Kier alpha value is -3.43. The molecule has 0 atom stereocenters. The summed E-state index contributed by atoms with van der Waals surface area (Å²) in [5.41, 5.74) is 10.5. The monoisotopic (exact) mass is 357 g/mol. The second-order valence-electron chi connectivity index (χ2n) is 6.73. The summed E-state index contributed by atoms with van der Waals surface area (Å²) >= 11 is 0. The summed E-state index contributed by atoms with van der Waals surface area (Å²) in [6, 6.07) is 17.1. The molecule has 2 aromatic carbocycles. The Balaban J connectivity index is 1.60. The van der Waals surface area contributed by atoms with Crippen molar-refractivity contribution in [2.75, 3.05) is 12.3 Å². The molecule has 134 valence electrons. The smallest absolute Gasteiger partial charge is 0.254 e. The first-order valence-electron chi connectivity index (χ1n) is 8.82. The van der Waals surface area contributed by atoms with Crippen LogP contribution in [-0.2, 0) is 19.5 Å². The van der Waals surface area contributed by atoms with Crippen LogP contribution in [-0.4, -0.2) is 21.4 Å². The van der Waals surface area contributed by atoms with Crippen LogP contribution in [0, 0.1) is 11.3 Å². The van der Waals surface area contributed by atoms with Gasteiger partial charge >= 0.3 is 0 Å². The molecule has 1 aliphatic heterocycles. The van der Waals surface area contributed by atoms with Gasteiger partial charge in [0.05, 0.1) is 17.3 Å². The van der Waals surface area contributed by atoms with Gasteiger partial charge in [0.1, 0.15) is 5.82 Å². The fourth-order valence-electron chi connectivity index (χ4n) is 3.40. The normalized spacial score (nSPS) is 13.7. The molecular formula is C21H19N5O. The third kappa shape index (κ3) is 3.59. The molecule has 0 saturated heterocycles. The number of rotatable bonds is 3. The Kier molecular flexibility index (Phi) is 4.45. The number of benzene rings is 2. The number of nitriles is 1. The van der Waals surface area contributed by atoms with Crippen LogP contribution in [0.15, 0.2) is 53.3 Å². The Morgan fingerprint density at radius 2 is 2.04 bits per heavy atom. The predicted octanol–water partition coefficient (Wildman–Crippen LogP) is 2.45. The lowest BCUT2D eigenvalue weighted by molar-refractivity contribution is 0.240. The second kappa shape index (κ2) is 7.06. The summed E-state index contributed by atoms with van der Waals surface area (Å²) in [4.78, 5) is 22.3. The maximum atomic E-state index is 12.5. The van der Waals surface area contributed by atoms with Gasteiger partial charge in [-0.15, -0.1) is 0 Å². The molecular weight excluding hydrogens is 338 g/mol. The second-order valence-corrected chi connectivity index (χ2v) is 6.73. The molecule has 1 aliphatic rings. The van der Waals surface area contributed by atoms with E-state index in [1.807, 2.05) is 30.3 Å². The number of hydrogen-bond acceptors (Lipinski definition) is 5. The van der Waals surface area contributed by atoms with Crippen LogP contribution in [0.3, 0.4) is 0 Å². The van der Waals surface area contributed by atoms with Crippen molar-refractivity contribution in [2.45, 2.75) is 19.5 Å². The van der Waals surface area contributed by atoms with Crippen LogP contribution < -0.4 is 11.3 Å². The molecule has 0 unspecified atom stereocenters. The average Bonchev–Trinajstić information content (AvgIpc) is 2.68. The molecule has 1 aromatic heterocycles. The van der Waals surface area contributed by atoms with Gasteiger partial charge in [-0.25, -0.2) is 4.98 Å². The Morgan fingerprint density at radius 3 is 2.81 bits per heavy atom. The van der Waals surface area contributed by atoms with Gasteiger partial charge in [0.25, 0.3) is 5.56 Å². The molecule has 27 heavy (non-hydrogen) atoms. The van der Waals surface area contributed by atoms with Crippen LogP contribution in [0.4, 0.5) is 5.69 Å². The zero-order valence-corrected chi connectivity index (χ0v) is 14.8. The maximum Gasteiger partial charge on any atom is 0.254 e. The standard InChI is InChI=1S/C21H19N5O/c22-11-14-2-1-3-15(10-14)12-26-9-8-18-19(13-26)24-20(25-21(18)27)16-4-6-17(23)7-5-16/h1-7,10H,8-9,12-13,23H2,(H,24,25,27). The first kappa shape index (κ1) is 17.0. The summed E-state index contributed by atoms with van der Waals surface area (Å²) in [6.07, 6.45) is 0.664. The highest BCUT2D eigenvalue weighted by Crippen LogP contribution is 2.21. The van der Waals surface area contributed by atoms with Gasteiger partial charge < -0.3 is 10.7 Å². The Bertz CT molecular complexity index is 1080. The number of H-pyrrole nitrogens is 1. The lowest BCUT2D eigenvalue weighted by atomic mass is 10.0. The van der Waals surface area contributed by atoms with E-state index in [2.05, 4.69) is 16.0 Å². The highest BCUT2D eigenvalue weighted by Gasteiger charge is 2.21. The van der Waals surface area contributed by atoms with Crippen molar-refractivity contribution in [1.29, 1.82) is 5.26 Å². The number of hydrogen-bond donors (Lipinski definition) is 2. The Labute approximate surface area is 156 Å². The number of fused-ring (bicyclic) bond motifs is 1. The van der Waals surface area contributed by atoms with E-state index in [1.54, 1.807) is 18.2 Å². The highest BCUT2D eigenvalue weighted by atomic mass is 16.1. The van der Waals surface area contributed by atoms with Crippen LogP contribution in [0.5, 0.6) is 0 Å². The molecule has 2 heterocycles. The van der Waals surface area contributed by atoms with Crippen LogP contribution in [0.2, 0.25) is 0 Å². The molecule has 0 aliphatic carbocycles. The Morgan fingerprint density at radius 1 is 1.22 bits per heavy atom. The molecule has 0 saturated carbocycles. The van der Waals surface area contributed by atoms with E-state index in [9.17, 15) is 4.79 Å². The summed E-state index contributed by atoms with van der Waals surface area (Å²) in [7, 11) is 0. The first-order chi connectivity index (χ1) is 13.1. The van der Waals surface area contributed by atoms with Crippen molar-refractivity contribution in [2.24, 2.45) is 0 Å². The van der Waals surface area contributed by atoms with Crippen LogP contribution >= 0.6 is 0 Å². The maximum absolute atomic E-state index is 12.5. The van der Waals surface area contributed by atoms with E-state index >= 15 is 0 Å². The number of nitrogens with two attached hydrogens (primary N) is 1. The van der Waals surface area contributed by atoms with Gasteiger partial charge in [-0.2, -0.15) is 5.26 Å². The lowest BCUT2D eigenvalue weighted by Gasteiger charge is -2.27. The number of aromatic amines is 1. The van der Waals surface area contributed by atoms with Crippen molar-refractivity contribution < 1.29 is 0 Å². The van der Waals surface area contributed by atoms with Gasteiger partial charge in [-0.05, 0) is 48.4 Å². The summed E-state index contributed by atoms with van der Waals surface area (Å²) in [5, 5.41) is 9.06. The number of nitrogens with zero attached hydrogens (tertiary/aromatic N) is 3. The van der Waals surface area contributed by atoms with E-state index in [-0.39, 0.29) is 5.56 Å². The van der Waals surface area contributed by atoms with Crippen molar-refractivity contribution in [3.05, 3.63) is 81.3 Å². The van der Waals surface area contributed by atoms with Crippen molar-refractivity contribution in [3.63, 3.8) is 0 Å². The third-order valence-corrected chi connectivity index (χ3v) is 4.80. The van der Waals surface area contributed by atoms with Crippen molar-refractivity contribution in [3.8, 4) is 17.5 Å². The highest BCUT2D eigenvalue weighted by molar-refractivity contribution is 5.58. The van der Waals surface area contributed by atoms with E-state index in [4.69, 9.17) is 16.0 Å². The molecule has 0 amide bonds. The van der Waals surface area contributed by atoms with E-state index in [1.165, 1.54) is 0 Å². The molecule has 0 fully saturated rings. The van der Waals surface area contributed by atoms with E-state index in [0.717, 1.165) is 35.5 Å². The number of aromatic nitrogens is 2. The fraction of sp³-hybridized carbons (Fsp3) is 0.190. The molecule has 3 aromatic rings. The average molecular weight is 357 g/mol. The molecule has 3 N–H and O–H groups in total. The van der Waals surface area contributed by atoms with Gasteiger partial charge in [0, 0.05) is 36.4 Å². The quantitative estimate of drug-likeness (QED) is 0.702.